The second-order valence-corrected chi connectivity index (χ2v) is 8.40. The first-order chi connectivity index (χ1) is 12.5. The van der Waals surface area contributed by atoms with Gasteiger partial charge in [-0.25, -0.2) is 12.8 Å². The highest BCUT2D eigenvalue weighted by molar-refractivity contribution is 7.92. The van der Waals surface area contributed by atoms with Crippen LogP contribution in [0.2, 0.25) is 0 Å². The first kappa shape index (κ1) is 17.1. The minimum absolute atomic E-state index is 0.138. The summed E-state index contributed by atoms with van der Waals surface area (Å²) in [5, 5.41) is 0. The zero-order chi connectivity index (χ0) is 18.1. The van der Waals surface area contributed by atoms with E-state index >= 15 is 0 Å². The van der Waals surface area contributed by atoms with Gasteiger partial charge in [-0.1, -0.05) is 0 Å². The summed E-state index contributed by atoms with van der Waals surface area (Å²) in [5.74, 6) is 0.529. The minimum Gasteiger partial charge on any atom is -0.490 e. The Morgan fingerprint density at radius 2 is 1.81 bits per heavy atom. The number of fused-ring (bicyclic) bond motifs is 1. The maximum absolute atomic E-state index is 13.6. The predicted molar refractivity (Wildman–Crippen MR) is 95.8 cm³/mol. The van der Waals surface area contributed by atoms with Crippen molar-refractivity contribution in [3.8, 4) is 11.5 Å². The molecule has 0 spiro atoms. The first-order valence-electron chi connectivity index (χ1n) is 8.76. The van der Waals surface area contributed by atoms with Crippen molar-refractivity contribution in [3.05, 3.63) is 48.3 Å². The number of rotatable bonds is 4. The lowest BCUT2D eigenvalue weighted by Gasteiger charge is -2.30. The second-order valence-electron chi connectivity index (χ2n) is 6.53. The number of halogens is 1. The molecule has 26 heavy (non-hydrogen) atoms. The highest BCUT2D eigenvalue weighted by Gasteiger charge is 2.30. The van der Waals surface area contributed by atoms with Gasteiger partial charge in [0.15, 0.2) is 0 Å². The Kier molecular flexibility index (Phi) is 4.48. The van der Waals surface area contributed by atoms with Gasteiger partial charge in [-0.05, 0) is 62.1 Å². The van der Waals surface area contributed by atoms with Crippen LogP contribution in [0.25, 0.3) is 0 Å². The average molecular weight is 377 g/mol. The van der Waals surface area contributed by atoms with E-state index in [2.05, 4.69) is 0 Å². The van der Waals surface area contributed by atoms with Crippen molar-refractivity contribution in [3.63, 3.8) is 0 Å². The molecule has 1 fully saturated rings. The zero-order valence-corrected chi connectivity index (χ0v) is 15.0. The van der Waals surface area contributed by atoms with Crippen molar-refractivity contribution in [1.82, 2.24) is 0 Å². The second kappa shape index (κ2) is 6.79. The molecule has 4 rings (SSSR count). The van der Waals surface area contributed by atoms with Crippen LogP contribution < -0.4 is 13.8 Å². The Hall–Kier alpha value is -2.28. The van der Waals surface area contributed by atoms with E-state index in [0.29, 0.717) is 11.5 Å². The number of nitrogens with zero attached hydrogens (tertiary/aromatic N) is 1. The average Bonchev–Trinajstić information content (AvgIpc) is 3.14. The molecule has 0 radical (unpaired) electrons. The molecule has 0 bridgehead atoms. The molecule has 1 heterocycles. The summed E-state index contributed by atoms with van der Waals surface area (Å²) in [4.78, 5) is 0.147. The molecular weight excluding hydrogens is 357 g/mol. The fourth-order valence-corrected chi connectivity index (χ4v) is 4.88. The Labute approximate surface area is 152 Å². The third-order valence-electron chi connectivity index (χ3n) is 4.76. The third kappa shape index (κ3) is 3.23. The van der Waals surface area contributed by atoms with Gasteiger partial charge in [0.05, 0.1) is 23.2 Å². The Morgan fingerprint density at radius 3 is 2.54 bits per heavy atom. The summed E-state index contributed by atoms with van der Waals surface area (Å²) in [6, 6.07) is 10.3. The zero-order valence-electron chi connectivity index (χ0n) is 14.2. The summed E-state index contributed by atoms with van der Waals surface area (Å²) in [5.41, 5.74) is 0.225. The normalized spacial score (nSPS) is 17.7. The Balaban J connectivity index is 1.60. The number of sulfonamides is 1. The molecule has 5 nitrogen and oxygen atoms in total. The molecule has 0 amide bonds. The topological polar surface area (TPSA) is 55.8 Å². The van der Waals surface area contributed by atoms with Gasteiger partial charge in [0.2, 0.25) is 0 Å². The van der Waals surface area contributed by atoms with Gasteiger partial charge >= 0.3 is 0 Å². The van der Waals surface area contributed by atoms with Crippen molar-refractivity contribution in [2.24, 2.45) is 0 Å². The van der Waals surface area contributed by atoms with Crippen LogP contribution in [0.15, 0.2) is 47.4 Å². The molecule has 1 saturated carbocycles. The summed E-state index contributed by atoms with van der Waals surface area (Å²) in [7, 11) is -3.81. The highest BCUT2D eigenvalue weighted by Crippen LogP contribution is 2.36. The van der Waals surface area contributed by atoms with E-state index in [1.165, 1.54) is 47.5 Å². The SMILES string of the molecule is O=S(=O)(c1ccc(OC2CCCC2)cc1)N1CCOc2ccc(F)cc21. The number of hydrogen-bond acceptors (Lipinski definition) is 4. The first-order valence-corrected chi connectivity index (χ1v) is 10.2. The van der Waals surface area contributed by atoms with E-state index in [9.17, 15) is 12.8 Å². The van der Waals surface area contributed by atoms with Gasteiger partial charge < -0.3 is 9.47 Å². The molecule has 2 aromatic rings. The van der Waals surface area contributed by atoms with Gasteiger partial charge in [-0.3, -0.25) is 4.31 Å². The van der Waals surface area contributed by atoms with Crippen LogP contribution in [0.1, 0.15) is 25.7 Å². The fourth-order valence-electron chi connectivity index (χ4n) is 3.43. The molecule has 2 aliphatic rings. The smallest absolute Gasteiger partial charge is 0.264 e. The molecule has 0 N–H and O–H groups in total. The Bertz CT molecular complexity index is 892. The number of hydrogen-bond donors (Lipinski definition) is 0. The highest BCUT2D eigenvalue weighted by atomic mass is 32.2. The van der Waals surface area contributed by atoms with Crippen molar-refractivity contribution in [2.45, 2.75) is 36.7 Å². The predicted octanol–water partition coefficient (Wildman–Crippen LogP) is 3.73. The van der Waals surface area contributed by atoms with Gasteiger partial charge in [0, 0.05) is 6.07 Å². The summed E-state index contributed by atoms with van der Waals surface area (Å²) in [6.07, 6.45) is 4.63. The van der Waals surface area contributed by atoms with Crippen LogP contribution in [0.4, 0.5) is 10.1 Å². The maximum Gasteiger partial charge on any atom is 0.264 e. The largest absolute Gasteiger partial charge is 0.490 e. The summed E-state index contributed by atoms with van der Waals surface area (Å²) < 4.78 is 52.2. The summed E-state index contributed by atoms with van der Waals surface area (Å²) in [6.45, 7) is 0.361. The molecular formula is C19H20FNO4S. The van der Waals surface area contributed by atoms with E-state index in [1.807, 2.05) is 0 Å². The van der Waals surface area contributed by atoms with E-state index in [4.69, 9.17) is 9.47 Å². The molecule has 1 aliphatic heterocycles. The van der Waals surface area contributed by atoms with Crippen molar-refractivity contribution in [1.29, 1.82) is 0 Å². The standard InChI is InChI=1S/C19H20FNO4S/c20-14-5-10-19-18(13-14)21(11-12-24-19)26(22,23)17-8-6-16(7-9-17)25-15-3-1-2-4-15/h5-10,13,15H,1-4,11-12H2. The molecule has 1 aliphatic carbocycles. The van der Waals surface area contributed by atoms with Crippen LogP contribution in [-0.4, -0.2) is 27.7 Å². The van der Waals surface area contributed by atoms with Crippen LogP contribution >= 0.6 is 0 Å². The van der Waals surface area contributed by atoms with Crippen LogP contribution in [-0.2, 0) is 10.0 Å². The van der Waals surface area contributed by atoms with Crippen molar-refractivity contribution in [2.75, 3.05) is 17.5 Å². The lowest BCUT2D eigenvalue weighted by molar-refractivity contribution is 0.210. The van der Waals surface area contributed by atoms with Crippen molar-refractivity contribution < 1.29 is 22.3 Å². The monoisotopic (exact) mass is 377 g/mol. The quantitative estimate of drug-likeness (QED) is 0.815. The van der Waals surface area contributed by atoms with E-state index in [-0.39, 0.29) is 29.8 Å². The molecule has 138 valence electrons. The molecule has 7 heteroatoms. The Morgan fingerprint density at radius 1 is 1.08 bits per heavy atom. The third-order valence-corrected chi connectivity index (χ3v) is 6.59. The summed E-state index contributed by atoms with van der Waals surface area (Å²) >= 11 is 0. The fraction of sp³-hybridized carbons (Fsp3) is 0.368. The van der Waals surface area contributed by atoms with Crippen molar-refractivity contribution >= 4 is 15.7 Å². The molecule has 0 aromatic heterocycles. The molecule has 0 atom stereocenters. The van der Waals surface area contributed by atoms with Crippen LogP contribution in [0.5, 0.6) is 11.5 Å². The molecule has 0 unspecified atom stereocenters. The van der Waals surface area contributed by atoms with Gasteiger partial charge in [0.25, 0.3) is 10.0 Å². The molecule has 0 saturated heterocycles. The van der Waals surface area contributed by atoms with Crippen LogP contribution in [0, 0.1) is 5.82 Å². The van der Waals surface area contributed by atoms with Gasteiger partial charge in [0.1, 0.15) is 23.9 Å². The van der Waals surface area contributed by atoms with Gasteiger partial charge in [-0.2, -0.15) is 0 Å². The van der Waals surface area contributed by atoms with E-state index < -0.39 is 15.8 Å². The van der Waals surface area contributed by atoms with Crippen LogP contribution in [0.3, 0.4) is 0 Å². The lowest BCUT2D eigenvalue weighted by atomic mass is 10.2. The maximum atomic E-state index is 13.6. The van der Waals surface area contributed by atoms with E-state index in [0.717, 1.165) is 12.8 Å². The van der Waals surface area contributed by atoms with Gasteiger partial charge in [-0.15, -0.1) is 0 Å². The van der Waals surface area contributed by atoms with E-state index in [1.54, 1.807) is 12.1 Å². The number of anilines is 1. The minimum atomic E-state index is -3.81. The molecule has 2 aromatic carbocycles. The number of benzene rings is 2. The number of ether oxygens (including phenoxy) is 2. The lowest BCUT2D eigenvalue weighted by Crippen LogP contribution is -2.38.